The molecule has 1 aliphatic rings. The van der Waals surface area contributed by atoms with Gasteiger partial charge in [-0.25, -0.2) is 0 Å². The number of aromatic nitrogens is 3. The van der Waals surface area contributed by atoms with E-state index in [4.69, 9.17) is 5.10 Å². The van der Waals surface area contributed by atoms with Crippen LogP contribution in [0, 0.1) is 0 Å². The number of nitrogens with one attached hydrogen (secondary N) is 1. The van der Waals surface area contributed by atoms with Crippen molar-refractivity contribution in [2.45, 2.75) is 32.5 Å². The third-order valence-electron chi connectivity index (χ3n) is 6.21. The largest absolute Gasteiger partial charge is 0.348 e. The van der Waals surface area contributed by atoms with Gasteiger partial charge in [0.2, 0.25) is 0 Å². The van der Waals surface area contributed by atoms with Gasteiger partial charge < -0.3 is 5.32 Å². The Balaban J connectivity index is 1.29. The van der Waals surface area contributed by atoms with E-state index in [-0.39, 0.29) is 5.91 Å². The van der Waals surface area contributed by atoms with Crippen molar-refractivity contribution < 1.29 is 4.79 Å². The standard InChI is InChI=1S/C28H29N5O/c34-28(30-17-22-10-12-24(13-11-22)19-32-15-4-5-16-32)26-21-33(20-23-7-2-1-3-8-23)31-27(26)25-9-6-14-29-18-25/h1-3,6-14,18,21H,4-5,15-17,19-20H2,(H,30,34). The number of pyridine rings is 1. The number of nitrogens with zero attached hydrogens (tertiary/aromatic N) is 4. The zero-order chi connectivity index (χ0) is 23.2. The van der Waals surface area contributed by atoms with Gasteiger partial charge in [0.15, 0.2) is 0 Å². The maximum Gasteiger partial charge on any atom is 0.255 e. The number of carbonyl (C=O) groups excluding carboxylic acids is 1. The van der Waals surface area contributed by atoms with Crippen LogP contribution in [0.15, 0.2) is 85.3 Å². The number of rotatable bonds is 8. The molecule has 0 bridgehead atoms. The van der Waals surface area contributed by atoms with Crippen LogP contribution in [0.2, 0.25) is 0 Å². The van der Waals surface area contributed by atoms with E-state index in [9.17, 15) is 4.79 Å². The van der Waals surface area contributed by atoms with Crippen molar-refractivity contribution in [1.82, 2.24) is 25.0 Å². The second-order valence-electron chi connectivity index (χ2n) is 8.80. The maximum absolute atomic E-state index is 13.2. The van der Waals surface area contributed by atoms with Crippen LogP contribution in [0.1, 0.15) is 39.9 Å². The average Bonchev–Trinajstić information content (AvgIpc) is 3.55. The summed E-state index contributed by atoms with van der Waals surface area (Å²) in [5.41, 5.74) is 5.54. The number of hydrogen-bond donors (Lipinski definition) is 1. The predicted molar refractivity (Wildman–Crippen MR) is 133 cm³/mol. The van der Waals surface area contributed by atoms with Gasteiger partial charge in [-0.1, -0.05) is 54.6 Å². The average molecular weight is 452 g/mol. The zero-order valence-corrected chi connectivity index (χ0v) is 19.2. The number of likely N-dealkylation sites (tertiary alicyclic amines) is 1. The number of benzene rings is 2. The Hall–Kier alpha value is -3.77. The van der Waals surface area contributed by atoms with E-state index in [2.05, 4.69) is 51.6 Å². The molecule has 1 fully saturated rings. The molecule has 172 valence electrons. The first-order valence-corrected chi connectivity index (χ1v) is 11.8. The predicted octanol–water partition coefficient (Wildman–Crippen LogP) is 4.52. The smallest absolute Gasteiger partial charge is 0.255 e. The van der Waals surface area contributed by atoms with Crippen LogP contribution in [-0.4, -0.2) is 38.7 Å². The highest BCUT2D eigenvalue weighted by molar-refractivity contribution is 5.99. The Bertz CT molecular complexity index is 1210. The van der Waals surface area contributed by atoms with Crippen LogP contribution in [0.3, 0.4) is 0 Å². The molecule has 1 saturated heterocycles. The number of hydrogen-bond acceptors (Lipinski definition) is 4. The van der Waals surface area contributed by atoms with Gasteiger partial charge >= 0.3 is 0 Å². The topological polar surface area (TPSA) is 63.1 Å². The van der Waals surface area contributed by atoms with Gasteiger partial charge in [0.25, 0.3) is 5.91 Å². The molecule has 0 atom stereocenters. The number of carbonyl (C=O) groups is 1. The fourth-order valence-corrected chi connectivity index (χ4v) is 4.39. The van der Waals surface area contributed by atoms with Crippen molar-refractivity contribution in [2.75, 3.05) is 13.1 Å². The van der Waals surface area contributed by atoms with Crippen molar-refractivity contribution in [3.8, 4) is 11.3 Å². The molecule has 6 nitrogen and oxygen atoms in total. The van der Waals surface area contributed by atoms with Gasteiger partial charge in [0.05, 0.1) is 12.1 Å². The SMILES string of the molecule is O=C(NCc1ccc(CN2CCCC2)cc1)c1cn(Cc2ccccc2)nc1-c1cccnc1. The van der Waals surface area contributed by atoms with Gasteiger partial charge in [-0.05, 0) is 54.8 Å². The van der Waals surface area contributed by atoms with E-state index in [1.807, 2.05) is 41.2 Å². The summed E-state index contributed by atoms with van der Waals surface area (Å²) >= 11 is 0. The lowest BCUT2D eigenvalue weighted by atomic mass is 10.1. The third-order valence-corrected chi connectivity index (χ3v) is 6.21. The zero-order valence-electron chi connectivity index (χ0n) is 19.2. The first kappa shape index (κ1) is 22.0. The van der Waals surface area contributed by atoms with Crippen molar-refractivity contribution in [1.29, 1.82) is 0 Å². The van der Waals surface area contributed by atoms with Crippen molar-refractivity contribution >= 4 is 5.91 Å². The summed E-state index contributed by atoms with van der Waals surface area (Å²) in [5.74, 6) is -0.140. The molecular formula is C28H29N5O. The first-order valence-electron chi connectivity index (χ1n) is 11.8. The van der Waals surface area contributed by atoms with Gasteiger partial charge in [0.1, 0.15) is 5.69 Å². The minimum atomic E-state index is -0.140. The molecule has 0 spiro atoms. The highest BCUT2D eigenvalue weighted by Gasteiger charge is 2.18. The summed E-state index contributed by atoms with van der Waals surface area (Å²) < 4.78 is 1.82. The summed E-state index contributed by atoms with van der Waals surface area (Å²) in [5, 5.41) is 7.80. The van der Waals surface area contributed by atoms with Gasteiger partial charge in [-0.2, -0.15) is 5.10 Å². The highest BCUT2D eigenvalue weighted by Crippen LogP contribution is 2.22. The molecule has 0 unspecified atom stereocenters. The summed E-state index contributed by atoms with van der Waals surface area (Å²) in [4.78, 5) is 19.9. The Morgan fingerprint density at radius 2 is 1.59 bits per heavy atom. The number of amides is 1. The molecule has 34 heavy (non-hydrogen) atoms. The van der Waals surface area contributed by atoms with Crippen LogP contribution in [0.25, 0.3) is 11.3 Å². The van der Waals surface area contributed by atoms with Crippen LogP contribution in [0.5, 0.6) is 0 Å². The lowest BCUT2D eigenvalue weighted by Crippen LogP contribution is -2.23. The van der Waals surface area contributed by atoms with E-state index in [1.165, 1.54) is 31.5 Å². The van der Waals surface area contributed by atoms with E-state index in [0.29, 0.717) is 24.3 Å². The van der Waals surface area contributed by atoms with E-state index in [1.54, 1.807) is 12.4 Å². The molecule has 4 aromatic rings. The molecular weight excluding hydrogens is 422 g/mol. The summed E-state index contributed by atoms with van der Waals surface area (Å²) in [6, 6.07) is 22.4. The van der Waals surface area contributed by atoms with Crippen LogP contribution in [0.4, 0.5) is 0 Å². The molecule has 0 saturated carbocycles. The second-order valence-corrected chi connectivity index (χ2v) is 8.80. The van der Waals surface area contributed by atoms with Crippen molar-refractivity contribution in [3.63, 3.8) is 0 Å². The maximum atomic E-state index is 13.2. The molecule has 1 N–H and O–H groups in total. The van der Waals surface area contributed by atoms with Gasteiger partial charge in [0, 0.05) is 37.2 Å². The summed E-state index contributed by atoms with van der Waals surface area (Å²) in [6.45, 7) is 4.45. The fourth-order valence-electron chi connectivity index (χ4n) is 4.39. The molecule has 6 heteroatoms. The molecule has 0 aliphatic carbocycles. The quantitative estimate of drug-likeness (QED) is 0.428. The Kier molecular flexibility index (Phi) is 6.77. The Morgan fingerprint density at radius 1 is 0.853 bits per heavy atom. The van der Waals surface area contributed by atoms with Crippen LogP contribution < -0.4 is 5.32 Å². The van der Waals surface area contributed by atoms with Crippen LogP contribution >= 0.6 is 0 Å². The van der Waals surface area contributed by atoms with Gasteiger partial charge in [-0.15, -0.1) is 0 Å². The van der Waals surface area contributed by atoms with E-state index < -0.39 is 0 Å². The summed E-state index contributed by atoms with van der Waals surface area (Å²) in [7, 11) is 0. The third kappa shape index (κ3) is 5.41. The molecule has 0 radical (unpaired) electrons. The molecule has 5 rings (SSSR count). The monoisotopic (exact) mass is 451 g/mol. The fraction of sp³-hybridized carbons (Fsp3) is 0.250. The molecule has 3 heterocycles. The molecule has 1 amide bonds. The van der Waals surface area contributed by atoms with Crippen LogP contribution in [-0.2, 0) is 19.6 Å². The first-order chi connectivity index (χ1) is 16.7. The minimum absolute atomic E-state index is 0.140. The van der Waals surface area contributed by atoms with Crippen molar-refractivity contribution in [3.05, 3.63) is 108 Å². The highest BCUT2D eigenvalue weighted by atomic mass is 16.1. The summed E-state index contributed by atoms with van der Waals surface area (Å²) in [6.07, 6.45) is 7.88. The van der Waals surface area contributed by atoms with Crippen molar-refractivity contribution in [2.24, 2.45) is 0 Å². The minimum Gasteiger partial charge on any atom is -0.348 e. The van der Waals surface area contributed by atoms with E-state index in [0.717, 1.165) is 23.2 Å². The van der Waals surface area contributed by atoms with E-state index >= 15 is 0 Å². The normalized spacial score (nSPS) is 13.8. The second kappa shape index (κ2) is 10.4. The molecule has 2 aromatic heterocycles. The van der Waals surface area contributed by atoms with Gasteiger partial charge in [-0.3, -0.25) is 19.4 Å². The lowest BCUT2D eigenvalue weighted by molar-refractivity contribution is 0.0951. The Morgan fingerprint density at radius 3 is 2.32 bits per heavy atom. The Labute approximate surface area is 200 Å². The molecule has 1 aliphatic heterocycles. The molecule has 2 aromatic carbocycles. The lowest BCUT2D eigenvalue weighted by Gasteiger charge is -2.14.